The summed E-state index contributed by atoms with van der Waals surface area (Å²) in [6.07, 6.45) is -1.81. The topological polar surface area (TPSA) is 38.1 Å². The second kappa shape index (κ2) is 6.09. The normalized spacial score (nSPS) is 11.8. The molecule has 0 fully saturated rings. The van der Waals surface area contributed by atoms with Crippen LogP contribution in [-0.2, 0) is 19.0 Å². The molecule has 1 aromatic heterocycles. The molecule has 0 amide bonds. The maximum Gasteiger partial charge on any atom is 0.416 e. The molecule has 0 bridgehead atoms. The van der Waals surface area contributed by atoms with Crippen molar-refractivity contribution in [3.05, 3.63) is 53.2 Å². The summed E-state index contributed by atoms with van der Waals surface area (Å²) in [6, 6.07) is 5.20. The number of hydrogen-bond acceptors (Lipinski definition) is 3. The first kappa shape index (κ1) is 14.6. The van der Waals surface area contributed by atoms with Gasteiger partial charge >= 0.3 is 6.18 Å². The van der Waals surface area contributed by atoms with Gasteiger partial charge in [0.25, 0.3) is 0 Å². The Kier molecular flexibility index (Phi) is 4.44. The predicted octanol–water partition coefficient (Wildman–Crippen LogP) is 3.05. The van der Waals surface area contributed by atoms with Crippen molar-refractivity contribution >= 4 is 0 Å². The highest BCUT2D eigenvalue weighted by molar-refractivity contribution is 5.27. The summed E-state index contributed by atoms with van der Waals surface area (Å²) >= 11 is 0. The van der Waals surface area contributed by atoms with Crippen LogP contribution in [0.15, 0.2) is 34.9 Å². The molecule has 0 radical (unpaired) electrons. The van der Waals surface area contributed by atoms with Crippen LogP contribution in [0, 0.1) is 0 Å². The van der Waals surface area contributed by atoms with Crippen molar-refractivity contribution in [1.29, 1.82) is 0 Å². The first-order valence-electron chi connectivity index (χ1n) is 6.23. The molecule has 108 valence electrons. The van der Waals surface area contributed by atoms with E-state index in [1.807, 2.05) is 7.05 Å². The van der Waals surface area contributed by atoms with E-state index in [-0.39, 0.29) is 6.42 Å². The number of nitrogens with zero attached hydrogens (tertiary/aromatic N) is 1. The third-order valence-corrected chi connectivity index (χ3v) is 2.84. The average Bonchev–Trinajstić information content (AvgIpc) is 2.83. The fraction of sp³-hybridized carbons (Fsp3) is 0.357. The maximum atomic E-state index is 12.6. The van der Waals surface area contributed by atoms with Gasteiger partial charge in [-0.3, -0.25) is 0 Å². The Morgan fingerprint density at radius 3 is 2.80 bits per heavy atom. The van der Waals surface area contributed by atoms with Gasteiger partial charge in [-0.2, -0.15) is 13.2 Å². The van der Waals surface area contributed by atoms with Crippen LogP contribution in [0.4, 0.5) is 13.2 Å². The Morgan fingerprint density at radius 2 is 2.10 bits per heavy atom. The Hall–Kier alpha value is -1.82. The number of likely N-dealkylation sites (N-methyl/N-ethyl adjacent to an activating group) is 1. The number of rotatable bonds is 5. The predicted molar refractivity (Wildman–Crippen MR) is 68.4 cm³/mol. The van der Waals surface area contributed by atoms with Gasteiger partial charge in [-0.05, 0) is 18.7 Å². The third kappa shape index (κ3) is 3.84. The molecule has 3 nitrogen and oxygen atoms in total. The van der Waals surface area contributed by atoms with Gasteiger partial charge < -0.3 is 9.73 Å². The van der Waals surface area contributed by atoms with E-state index in [0.717, 1.165) is 30.8 Å². The Bertz CT molecular complexity index is 564. The summed E-state index contributed by atoms with van der Waals surface area (Å²) in [4.78, 5) is 4.25. The van der Waals surface area contributed by atoms with Crippen molar-refractivity contribution in [3.8, 4) is 0 Å². The molecule has 0 saturated heterocycles. The fourth-order valence-electron chi connectivity index (χ4n) is 1.83. The Labute approximate surface area is 114 Å². The standard InChI is InChI=1S/C14H15F3N2O/c1-18-6-5-12-9-20-13(19-12)8-10-3-2-4-11(7-10)14(15,16)17/h2-4,7,9,18H,5-6,8H2,1H3. The fourth-order valence-corrected chi connectivity index (χ4v) is 1.83. The molecule has 0 aliphatic carbocycles. The number of nitrogens with one attached hydrogen (secondary N) is 1. The number of aromatic nitrogens is 1. The Balaban J connectivity index is 2.08. The van der Waals surface area contributed by atoms with Crippen molar-refractivity contribution in [2.45, 2.75) is 19.0 Å². The number of oxazole rings is 1. The van der Waals surface area contributed by atoms with E-state index in [1.54, 1.807) is 12.3 Å². The highest BCUT2D eigenvalue weighted by Crippen LogP contribution is 2.29. The van der Waals surface area contributed by atoms with Gasteiger partial charge in [0.05, 0.1) is 11.3 Å². The second-order valence-electron chi connectivity index (χ2n) is 4.46. The molecule has 1 aromatic carbocycles. The van der Waals surface area contributed by atoms with Crippen LogP contribution in [0.2, 0.25) is 0 Å². The molecule has 1 heterocycles. The highest BCUT2D eigenvalue weighted by Gasteiger charge is 2.30. The Morgan fingerprint density at radius 1 is 1.30 bits per heavy atom. The summed E-state index contributed by atoms with van der Waals surface area (Å²) in [7, 11) is 1.84. The maximum absolute atomic E-state index is 12.6. The first-order chi connectivity index (χ1) is 9.49. The summed E-state index contributed by atoms with van der Waals surface area (Å²) in [5.41, 5.74) is 0.667. The number of halogens is 3. The smallest absolute Gasteiger partial charge is 0.416 e. The highest BCUT2D eigenvalue weighted by atomic mass is 19.4. The van der Waals surface area contributed by atoms with Crippen molar-refractivity contribution in [3.63, 3.8) is 0 Å². The molecule has 0 spiro atoms. The zero-order chi connectivity index (χ0) is 14.6. The molecule has 2 aromatic rings. The van der Waals surface area contributed by atoms with E-state index in [2.05, 4.69) is 10.3 Å². The van der Waals surface area contributed by atoms with Crippen molar-refractivity contribution in [2.24, 2.45) is 0 Å². The molecule has 0 aliphatic rings. The van der Waals surface area contributed by atoms with Crippen LogP contribution >= 0.6 is 0 Å². The van der Waals surface area contributed by atoms with Crippen molar-refractivity contribution < 1.29 is 17.6 Å². The molecule has 0 atom stereocenters. The number of benzene rings is 1. The van der Waals surface area contributed by atoms with Crippen LogP contribution in [0.1, 0.15) is 22.7 Å². The molecule has 20 heavy (non-hydrogen) atoms. The van der Waals surface area contributed by atoms with Gasteiger partial charge in [0, 0.05) is 19.4 Å². The van der Waals surface area contributed by atoms with Gasteiger partial charge in [-0.1, -0.05) is 18.2 Å². The summed E-state index contributed by atoms with van der Waals surface area (Å²) < 4.78 is 43.1. The quantitative estimate of drug-likeness (QED) is 0.917. The molecular formula is C14H15F3N2O. The molecule has 0 unspecified atom stereocenters. The third-order valence-electron chi connectivity index (χ3n) is 2.84. The van der Waals surface area contributed by atoms with Gasteiger partial charge in [0.2, 0.25) is 0 Å². The van der Waals surface area contributed by atoms with E-state index in [4.69, 9.17) is 4.42 Å². The van der Waals surface area contributed by atoms with Gasteiger partial charge in [0.1, 0.15) is 6.26 Å². The molecule has 0 saturated carbocycles. The molecule has 1 N–H and O–H groups in total. The lowest BCUT2D eigenvalue weighted by molar-refractivity contribution is -0.137. The summed E-state index contributed by atoms with van der Waals surface area (Å²) in [6.45, 7) is 0.773. The zero-order valence-electron chi connectivity index (χ0n) is 11.0. The first-order valence-corrected chi connectivity index (χ1v) is 6.23. The van der Waals surface area contributed by atoms with Crippen LogP contribution < -0.4 is 5.32 Å². The monoisotopic (exact) mass is 284 g/mol. The zero-order valence-corrected chi connectivity index (χ0v) is 11.0. The van der Waals surface area contributed by atoms with Crippen LogP contribution in [0.3, 0.4) is 0 Å². The van der Waals surface area contributed by atoms with Crippen LogP contribution in [0.5, 0.6) is 0 Å². The van der Waals surface area contributed by atoms with E-state index in [0.29, 0.717) is 11.5 Å². The number of alkyl halides is 3. The average molecular weight is 284 g/mol. The van der Waals surface area contributed by atoms with Gasteiger partial charge in [-0.25, -0.2) is 4.98 Å². The SMILES string of the molecule is CNCCc1coc(Cc2cccc(C(F)(F)F)c2)n1. The van der Waals surface area contributed by atoms with E-state index in [1.165, 1.54) is 6.07 Å². The minimum Gasteiger partial charge on any atom is -0.448 e. The lowest BCUT2D eigenvalue weighted by Crippen LogP contribution is -2.10. The number of hydrogen-bond donors (Lipinski definition) is 1. The van der Waals surface area contributed by atoms with Crippen LogP contribution in [-0.4, -0.2) is 18.6 Å². The van der Waals surface area contributed by atoms with E-state index in [9.17, 15) is 13.2 Å². The van der Waals surface area contributed by atoms with E-state index < -0.39 is 11.7 Å². The van der Waals surface area contributed by atoms with Crippen LogP contribution in [0.25, 0.3) is 0 Å². The second-order valence-corrected chi connectivity index (χ2v) is 4.46. The minimum absolute atomic E-state index is 0.253. The largest absolute Gasteiger partial charge is 0.448 e. The lowest BCUT2D eigenvalue weighted by atomic mass is 10.1. The lowest BCUT2D eigenvalue weighted by Gasteiger charge is -2.07. The molecule has 2 rings (SSSR count). The van der Waals surface area contributed by atoms with E-state index >= 15 is 0 Å². The summed E-state index contributed by atoms with van der Waals surface area (Å²) in [5.74, 6) is 0.426. The van der Waals surface area contributed by atoms with Gasteiger partial charge in [0.15, 0.2) is 5.89 Å². The molecule has 0 aliphatic heterocycles. The molecule has 6 heteroatoms. The molecular weight excluding hydrogens is 269 g/mol. The van der Waals surface area contributed by atoms with Gasteiger partial charge in [-0.15, -0.1) is 0 Å². The van der Waals surface area contributed by atoms with Crippen molar-refractivity contribution in [2.75, 3.05) is 13.6 Å². The summed E-state index contributed by atoms with van der Waals surface area (Å²) in [5, 5.41) is 2.99. The van der Waals surface area contributed by atoms with Crippen molar-refractivity contribution in [1.82, 2.24) is 10.3 Å². The minimum atomic E-state index is -4.33.